The van der Waals surface area contributed by atoms with Crippen molar-refractivity contribution in [3.63, 3.8) is 0 Å². The minimum Gasteiger partial charge on any atom is -0.493 e. The number of rotatable bonds is 8. The molecule has 1 amide bonds. The van der Waals surface area contributed by atoms with Crippen LogP contribution in [0.1, 0.15) is 6.42 Å². The zero-order valence-corrected chi connectivity index (χ0v) is 19.3. The van der Waals surface area contributed by atoms with Crippen LogP contribution >= 0.6 is 23.2 Å². The third-order valence-corrected chi connectivity index (χ3v) is 5.55. The summed E-state index contributed by atoms with van der Waals surface area (Å²) in [6, 6.07) is 5.12. The number of pyridine rings is 1. The van der Waals surface area contributed by atoms with Crippen LogP contribution in [-0.2, 0) is 4.79 Å². The van der Waals surface area contributed by atoms with E-state index in [1.54, 1.807) is 24.4 Å². The number of ether oxygens (including phenoxy) is 3. The second-order valence-electron chi connectivity index (χ2n) is 7.00. The van der Waals surface area contributed by atoms with Crippen LogP contribution in [0.25, 0.3) is 0 Å². The highest BCUT2D eigenvalue weighted by Crippen LogP contribution is 2.40. The van der Waals surface area contributed by atoms with Crippen molar-refractivity contribution in [2.24, 2.45) is 0 Å². The Morgan fingerprint density at radius 1 is 1.03 bits per heavy atom. The van der Waals surface area contributed by atoms with Crippen molar-refractivity contribution in [1.82, 2.24) is 9.88 Å². The molecule has 0 spiro atoms. The molecular formula is C21H26Cl2N4O4. The van der Waals surface area contributed by atoms with Gasteiger partial charge < -0.3 is 24.4 Å². The van der Waals surface area contributed by atoms with Crippen molar-refractivity contribution in [1.29, 1.82) is 0 Å². The zero-order chi connectivity index (χ0) is 22.4. The average molecular weight is 469 g/mol. The number of amides is 1. The molecule has 0 atom stereocenters. The molecule has 0 unspecified atom stereocenters. The monoisotopic (exact) mass is 468 g/mol. The smallest absolute Gasteiger partial charge is 0.225 e. The van der Waals surface area contributed by atoms with Gasteiger partial charge in [0.05, 0.1) is 31.4 Å². The summed E-state index contributed by atoms with van der Waals surface area (Å²) in [5.41, 5.74) is 0.591. The second-order valence-corrected chi connectivity index (χ2v) is 7.84. The van der Waals surface area contributed by atoms with Gasteiger partial charge in [-0.1, -0.05) is 23.2 Å². The van der Waals surface area contributed by atoms with E-state index in [1.165, 1.54) is 21.3 Å². The molecule has 0 aliphatic carbocycles. The molecule has 0 bridgehead atoms. The summed E-state index contributed by atoms with van der Waals surface area (Å²) in [6.07, 6.45) is 1.97. The predicted octanol–water partition coefficient (Wildman–Crippen LogP) is 3.57. The molecule has 0 saturated carbocycles. The second kappa shape index (κ2) is 10.7. The van der Waals surface area contributed by atoms with Crippen molar-refractivity contribution in [3.8, 4) is 17.2 Å². The lowest BCUT2D eigenvalue weighted by atomic mass is 10.2. The summed E-state index contributed by atoms with van der Waals surface area (Å²) >= 11 is 12.2. The van der Waals surface area contributed by atoms with Crippen LogP contribution in [0, 0.1) is 0 Å². The van der Waals surface area contributed by atoms with Crippen LogP contribution < -0.4 is 24.4 Å². The highest BCUT2D eigenvalue weighted by Gasteiger charge is 2.21. The maximum Gasteiger partial charge on any atom is 0.225 e. The first kappa shape index (κ1) is 23.2. The fourth-order valence-corrected chi connectivity index (χ4v) is 3.96. The molecule has 1 aromatic carbocycles. The number of piperazine rings is 1. The van der Waals surface area contributed by atoms with E-state index in [0.29, 0.717) is 45.9 Å². The number of methoxy groups -OCH3 is 3. The minimum absolute atomic E-state index is 0.0842. The number of halogens is 2. The lowest BCUT2D eigenvalue weighted by molar-refractivity contribution is -0.116. The number of benzene rings is 1. The molecule has 168 valence electrons. The normalized spacial score (nSPS) is 14.3. The van der Waals surface area contributed by atoms with E-state index in [9.17, 15) is 4.79 Å². The Kier molecular flexibility index (Phi) is 8.06. The number of carbonyl (C=O) groups is 1. The fraction of sp³-hybridized carbons (Fsp3) is 0.429. The SMILES string of the molecule is COc1cc(NC(=O)CCN2CCN(c3ncc(Cl)cc3Cl)CC2)cc(OC)c1OC. The van der Waals surface area contributed by atoms with Gasteiger partial charge >= 0.3 is 0 Å². The Bertz CT molecular complexity index is 895. The van der Waals surface area contributed by atoms with Gasteiger partial charge in [-0.25, -0.2) is 4.98 Å². The average Bonchev–Trinajstić information content (AvgIpc) is 2.77. The van der Waals surface area contributed by atoms with Gasteiger partial charge in [-0.2, -0.15) is 0 Å². The summed E-state index contributed by atoms with van der Waals surface area (Å²) in [5.74, 6) is 2.12. The van der Waals surface area contributed by atoms with Gasteiger partial charge in [0.15, 0.2) is 11.5 Å². The molecule has 1 aliphatic heterocycles. The van der Waals surface area contributed by atoms with Gasteiger partial charge in [0, 0.05) is 63.2 Å². The Morgan fingerprint density at radius 2 is 1.68 bits per heavy atom. The number of aromatic nitrogens is 1. The third kappa shape index (κ3) is 5.84. The fourth-order valence-electron chi connectivity index (χ4n) is 3.46. The van der Waals surface area contributed by atoms with E-state index in [1.807, 2.05) is 0 Å². The van der Waals surface area contributed by atoms with Gasteiger partial charge in [-0.15, -0.1) is 0 Å². The van der Waals surface area contributed by atoms with E-state index < -0.39 is 0 Å². The highest BCUT2D eigenvalue weighted by atomic mass is 35.5. The van der Waals surface area contributed by atoms with E-state index in [4.69, 9.17) is 37.4 Å². The number of nitrogens with one attached hydrogen (secondary N) is 1. The molecular weight excluding hydrogens is 443 g/mol. The van der Waals surface area contributed by atoms with Crippen LogP contribution in [0.2, 0.25) is 10.0 Å². The van der Waals surface area contributed by atoms with Gasteiger partial charge in [-0.05, 0) is 6.07 Å². The molecule has 2 aromatic rings. The number of hydrogen-bond acceptors (Lipinski definition) is 7. The van der Waals surface area contributed by atoms with Gasteiger partial charge in [0.1, 0.15) is 5.82 Å². The summed E-state index contributed by atoms with van der Waals surface area (Å²) in [5, 5.41) is 3.96. The first-order valence-corrected chi connectivity index (χ1v) is 10.6. The predicted molar refractivity (Wildman–Crippen MR) is 122 cm³/mol. The molecule has 1 aromatic heterocycles. The van der Waals surface area contributed by atoms with Gasteiger partial charge in [0.2, 0.25) is 11.7 Å². The van der Waals surface area contributed by atoms with Crippen molar-refractivity contribution < 1.29 is 19.0 Å². The third-order valence-electron chi connectivity index (χ3n) is 5.06. The van der Waals surface area contributed by atoms with E-state index >= 15 is 0 Å². The Balaban J connectivity index is 1.51. The Morgan fingerprint density at radius 3 is 2.23 bits per heavy atom. The van der Waals surface area contributed by atoms with Crippen LogP contribution in [0.3, 0.4) is 0 Å². The molecule has 3 rings (SSSR count). The van der Waals surface area contributed by atoms with E-state index in [0.717, 1.165) is 32.0 Å². The molecule has 10 heteroatoms. The molecule has 1 N–H and O–H groups in total. The van der Waals surface area contributed by atoms with Crippen LogP contribution in [-0.4, -0.2) is 69.8 Å². The topological polar surface area (TPSA) is 76.2 Å². The maximum absolute atomic E-state index is 12.5. The van der Waals surface area contributed by atoms with Crippen molar-refractivity contribution in [2.45, 2.75) is 6.42 Å². The number of nitrogens with zero attached hydrogens (tertiary/aromatic N) is 3. The Labute approximate surface area is 192 Å². The molecule has 0 radical (unpaired) electrons. The van der Waals surface area contributed by atoms with Crippen molar-refractivity contribution in [3.05, 3.63) is 34.4 Å². The largest absolute Gasteiger partial charge is 0.493 e. The highest BCUT2D eigenvalue weighted by molar-refractivity contribution is 6.36. The van der Waals surface area contributed by atoms with E-state index in [2.05, 4.69) is 20.1 Å². The van der Waals surface area contributed by atoms with E-state index in [-0.39, 0.29) is 5.91 Å². The first-order valence-electron chi connectivity index (χ1n) is 9.83. The number of anilines is 2. The van der Waals surface area contributed by atoms with Crippen molar-refractivity contribution >= 4 is 40.6 Å². The van der Waals surface area contributed by atoms with Gasteiger partial charge in [0.25, 0.3) is 0 Å². The quantitative estimate of drug-likeness (QED) is 0.634. The summed E-state index contributed by atoms with van der Waals surface area (Å²) in [4.78, 5) is 21.2. The number of hydrogen-bond donors (Lipinski definition) is 1. The molecule has 1 saturated heterocycles. The zero-order valence-electron chi connectivity index (χ0n) is 17.8. The standard InChI is InChI=1S/C21H26Cl2N4O4/c1-29-17-11-15(12-18(30-2)20(17)31-3)25-19(28)4-5-26-6-8-27(9-7-26)21-16(23)10-14(22)13-24-21/h10-13H,4-9H2,1-3H3,(H,25,28). The van der Waals surface area contributed by atoms with Crippen LogP contribution in [0.5, 0.6) is 17.2 Å². The van der Waals surface area contributed by atoms with Crippen LogP contribution in [0.15, 0.2) is 24.4 Å². The minimum atomic E-state index is -0.0842. The summed E-state index contributed by atoms with van der Waals surface area (Å²) < 4.78 is 16.0. The summed E-state index contributed by atoms with van der Waals surface area (Å²) in [6.45, 7) is 3.85. The maximum atomic E-state index is 12.5. The summed E-state index contributed by atoms with van der Waals surface area (Å²) in [7, 11) is 4.61. The molecule has 2 heterocycles. The Hall–Kier alpha value is -2.42. The van der Waals surface area contributed by atoms with Crippen molar-refractivity contribution in [2.75, 3.05) is 64.3 Å². The molecule has 31 heavy (non-hydrogen) atoms. The molecule has 1 fully saturated rings. The number of carbonyl (C=O) groups excluding carboxylic acids is 1. The van der Waals surface area contributed by atoms with Crippen LogP contribution in [0.4, 0.5) is 11.5 Å². The lowest BCUT2D eigenvalue weighted by Gasteiger charge is -2.35. The first-order chi connectivity index (χ1) is 14.9. The lowest BCUT2D eigenvalue weighted by Crippen LogP contribution is -2.47. The molecule has 8 nitrogen and oxygen atoms in total. The van der Waals surface area contributed by atoms with Gasteiger partial charge in [-0.3, -0.25) is 9.69 Å². The molecule has 1 aliphatic rings.